The maximum absolute atomic E-state index is 13.7. The molecule has 0 bridgehead atoms. The monoisotopic (exact) mass is 392 g/mol. The van der Waals surface area contributed by atoms with Gasteiger partial charge in [0.2, 0.25) is 0 Å². The second-order valence-corrected chi connectivity index (χ2v) is 7.34. The number of halogens is 3. The Morgan fingerprint density at radius 1 is 1.29 bits per heavy atom. The molecule has 2 rings (SSSR count). The quantitative estimate of drug-likeness (QED) is 0.776. The molecule has 0 amide bonds. The number of hydrogen-bond acceptors (Lipinski definition) is 3. The molecule has 0 saturated carbocycles. The van der Waals surface area contributed by atoms with Gasteiger partial charge in [-0.2, -0.15) is 0 Å². The lowest BCUT2D eigenvalue weighted by Gasteiger charge is -2.12. The summed E-state index contributed by atoms with van der Waals surface area (Å²) in [5.41, 5.74) is 6.02. The molecule has 112 valence electrons. The second kappa shape index (κ2) is 5.82. The normalized spacial score (nSPS) is 11.4. The minimum Gasteiger partial charge on any atom is -0.397 e. The summed E-state index contributed by atoms with van der Waals surface area (Å²) < 4.78 is 41.1. The maximum Gasteiger partial charge on any atom is 0.262 e. The van der Waals surface area contributed by atoms with Gasteiger partial charge in [0.1, 0.15) is 5.82 Å². The summed E-state index contributed by atoms with van der Waals surface area (Å²) in [5.74, 6) is -0.679. The van der Waals surface area contributed by atoms with Gasteiger partial charge in [-0.25, -0.2) is 12.8 Å². The smallest absolute Gasteiger partial charge is 0.262 e. The summed E-state index contributed by atoms with van der Waals surface area (Å²) in [4.78, 5) is -0.0521. The molecule has 8 heteroatoms. The zero-order valence-corrected chi connectivity index (χ0v) is 14.0. The molecule has 0 unspecified atom stereocenters. The van der Waals surface area contributed by atoms with Gasteiger partial charge in [-0.3, -0.25) is 4.72 Å². The number of sulfonamides is 1. The van der Waals surface area contributed by atoms with Crippen LogP contribution in [0.3, 0.4) is 0 Å². The minimum absolute atomic E-state index is 0.0521. The number of nitrogens with two attached hydrogens (primary N) is 1. The van der Waals surface area contributed by atoms with Crippen molar-refractivity contribution in [2.75, 3.05) is 10.5 Å². The molecule has 0 aliphatic heterocycles. The molecule has 0 radical (unpaired) electrons. The van der Waals surface area contributed by atoms with Gasteiger partial charge in [-0.05, 0) is 42.8 Å². The summed E-state index contributed by atoms with van der Waals surface area (Å²) in [7, 11) is -3.97. The first-order valence-corrected chi connectivity index (χ1v) is 8.39. The topological polar surface area (TPSA) is 72.2 Å². The molecule has 0 aliphatic carbocycles. The zero-order chi connectivity index (χ0) is 15.8. The van der Waals surface area contributed by atoms with Crippen molar-refractivity contribution in [2.24, 2.45) is 0 Å². The van der Waals surface area contributed by atoms with E-state index in [1.807, 2.05) is 0 Å². The summed E-state index contributed by atoms with van der Waals surface area (Å²) in [6.45, 7) is 1.58. The summed E-state index contributed by atoms with van der Waals surface area (Å²) in [6.07, 6.45) is 0. The van der Waals surface area contributed by atoms with Crippen molar-refractivity contribution in [2.45, 2.75) is 11.8 Å². The van der Waals surface area contributed by atoms with E-state index in [4.69, 9.17) is 17.3 Å². The van der Waals surface area contributed by atoms with E-state index in [0.717, 1.165) is 6.07 Å². The van der Waals surface area contributed by atoms with Crippen LogP contribution in [-0.2, 0) is 10.0 Å². The highest BCUT2D eigenvalue weighted by Crippen LogP contribution is 2.29. The van der Waals surface area contributed by atoms with E-state index in [-0.39, 0.29) is 21.3 Å². The summed E-state index contributed by atoms with van der Waals surface area (Å²) in [5, 5.41) is 0.264. The van der Waals surface area contributed by atoms with Crippen molar-refractivity contribution < 1.29 is 12.8 Å². The van der Waals surface area contributed by atoms with Crippen LogP contribution in [0.15, 0.2) is 39.7 Å². The van der Waals surface area contributed by atoms with E-state index < -0.39 is 15.8 Å². The lowest BCUT2D eigenvalue weighted by atomic mass is 10.2. The number of anilines is 2. The molecule has 0 atom stereocenters. The molecule has 21 heavy (non-hydrogen) atoms. The van der Waals surface area contributed by atoms with Crippen LogP contribution < -0.4 is 10.5 Å². The molecule has 0 aliphatic rings. The van der Waals surface area contributed by atoms with Gasteiger partial charge >= 0.3 is 0 Å². The average Bonchev–Trinajstić information content (AvgIpc) is 2.37. The fourth-order valence-electron chi connectivity index (χ4n) is 1.73. The number of nitrogen functional groups attached to an aromatic ring is 1. The Hall–Kier alpha value is -1.31. The predicted octanol–water partition coefficient (Wildman–Crippen LogP) is 3.93. The van der Waals surface area contributed by atoms with Crippen LogP contribution in [0.2, 0.25) is 5.02 Å². The third kappa shape index (κ3) is 3.48. The molecular weight excluding hydrogens is 383 g/mol. The SMILES string of the molecule is Cc1cc(Cl)c(N)cc1S(=O)(=O)Nc1cc(Br)ccc1F. The maximum atomic E-state index is 13.7. The fourth-order valence-corrected chi connectivity index (χ4v) is 3.63. The Kier molecular flexibility index (Phi) is 4.46. The molecule has 3 N–H and O–H groups in total. The fraction of sp³-hybridized carbons (Fsp3) is 0.0769. The van der Waals surface area contributed by atoms with Gasteiger partial charge in [0.15, 0.2) is 0 Å². The highest BCUT2D eigenvalue weighted by molar-refractivity contribution is 9.10. The van der Waals surface area contributed by atoms with E-state index in [1.54, 1.807) is 6.92 Å². The van der Waals surface area contributed by atoms with Crippen LogP contribution in [0.5, 0.6) is 0 Å². The predicted molar refractivity (Wildman–Crippen MR) is 85.5 cm³/mol. The lowest BCUT2D eigenvalue weighted by Crippen LogP contribution is -2.15. The third-order valence-corrected chi connectivity index (χ3v) is 5.08. The number of benzene rings is 2. The Morgan fingerprint density at radius 3 is 2.62 bits per heavy atom. The van der Waals surface area contributed by atoms with Crippen LogP contribution in [0.25, 0.3) is 0 Å². The molecule has 0 saturated heterocycles. The van der Waals surface area contributed by atoms with Gasteiger partial charge in [0.25, 0.3) is 10.0 Å². The molecule has 0 spiro atoms. The van der Waals surface area contributed by atoms with Crippen molar-refractivity contribution in [3.05, 3.63) is 51.2 Å². The molecule has 2 aromatic carbocycles. The van der Waals surface area contributed by atoms with E-state index in [0.29, 0.717) is 10.0 Å². The van der Waals surface area contributed by atoms with Gasteiger partial charge in [0, 0.05) is 4.47 Å². The first-order chi connectivity index (χ1) is 9.70. The Morgan fingerprint density at radius 2 is 1.95 bits per heavy atom. The van der Waals surface area contributed by atoms with Crippen LogP contribution in [0, 0.1) is 12.7 Å². The molecule has 0 aromatic heterocycles. The molecular formula is C13H11BrClFN2O2S. The molecule has 4 nitrogen and oxygen atoms in total. The van der Waals surface area contributed by atoms with Crippen LogP contribution in [-0.4, -0.2) is 8.42 Å². The minimum atomic E-state index is -3.97. The standard InChI is InChI=1S/C13H11BrClFN2O2S/c1-7-4-9(15)11(17)6-13(7)21(19,20)18-12-5-8(14)2-3-10(12)16/h2-6,18H,17H2,1H3. The van der Waals surface area contributed by atoms with Gasteiger partial charge in [-0.1, -0.05) is 27.5 Å². The van der Waals surface area contributed by atoms with Crippen molar-refractivity contribution in [1.29, 1.82) is 0 Å². The molecule has 0 heterocycles. The number of rotatable bonds is 3. The first kappa shape index (κ1) is 16.1. The van der Waals surface area contributed by atoms with Crippen LogP contribution >= 0.6 is 27.5 Å². The van der Waals surface area contributed by atoms with Crippen molar-refractivity contribution >= 4 is 48.9 Å². The molecule has 0 fully saturated rings. The van der Waals surface area contributed by atoms with Crippen LogP contribution in [0.1, 0.15) is 5.56 Å². The zero-order valence-electron chi connectivity index (χ0n) is 10.8. The first-order valence-electron chi connectivity index (χ1n) is 5.74. The third-order valence-electron chi connectivity index (χ3n) is 2.76. The van der Waals surface area contributed by atoms with E-state index in [2.05, 4.69) is 20.7 Å². The van der Waals surface area contributed by atoms with E-state index in [1.165, 1.54) is 24.3 Å². The van der Waals surface area contributed by atoms with Crippen molar-refractivity contribution in [3.8, 4) is 0 Å². The van der Waals surface area contributed by atoms with E-state index >= 15 is 0 Å². The van der Waals surface area contributed by atoms with Crippen molar-refractivity contribution in [3.63, 3.8) is 0 Å². The number of nitrogens with one attached hydrogen (secondary N) is 1. The van der Waals surface area contributed by atoms with Gasteiger partial charge < -0.3 is 5.73 Å². The number of aryl methyl sites for hydroxylation is 1. The van der Waals surface area contributed by atoms with Crippen molar-refractivity contribution in [1.82, 2.24) is 0 Å². The second-order valence-electron chi connectivity index (χ2n) is 4.37. The van der Waals surface area contributed by atoms with E-state index in [9.17, 15) is 12.8 Å². The lowest BCUT2D eigenvalue weighted by molar-refractivity contribution is 0.598. The Balaban J connectivity index is 2.48. The average molecular weight is 394 g/mol. The molecule has 2 aromatic rings. The largest absolute Gasteiger partial charge is 0.397 e. The summed E-state index contributed by atoms with van der Waals surface area (Å²) >= 11 is 8.99. The Labute approximate surface area is 135 Å². The highest BCUT2D eigenvalue weighted by Gasteiger charge is 2.20. The Bertz CT molecular complexity index is 812. The van der Waals surface area contributed by atoms with Gasteiger partial charge in [-0.15, -0.1) is 0 Å². The summed E-state index contributed by atoms with van der Waals surface area (Å²) in [6, 6.07) is 6.66. The van der Waals surface area contributed by atoms with Gasteiger partial charge in [0.05, 0.1) is 21.3 Å². The van der Waals surface area contributed by atoms with Crippen LogP contribution in [0.4, 0.5) is 15.8 Å². The highest BCUT2D eigenvalue weighted by atomic mass is 79.9. The number of hydrogen-bond donors (Lipinski definition) is 2.